The van der Waals surface area contributed by atoms with Crippen molar-refractivity contribution >= 4 is 5.97 Å². The third-order valence-corrected chi connectivity index (χ3v) is 1.28. The van der Waals surface area contributed by atoms with E-state index in [1.807, 2.05) is 20.8 Å². The fourth-order valence-electron chi connectivity index (χ4n) is 0.466. The lowest BCUT2D eigenvalue weighted by Crippen LogP contribution is -1.82. The third kappa shape index (κ3) is 13.3. The average molecular weight is 198 g/mol. The number of carboxylic acids is 1. The zero-order chi connectivity index (χ0) is 11.7. The average Bonchev–Trinajstić information content (AvgIpc) is 2.02. The van der Waals surface area contributed by atoms with Gasteiger partial charge in [-0.15, -0.1) is 5.73 Å². The first-order valence-electron chi connectivity index (χ1n) is 4.20. The number of aliphatic hydroxyl groups excluding tert-OH is 1. The van der Waals surface area contributed by atoms with Crippen LogP contribution in [0.1, 0.15) is 27.7 Å². The molecule has 0 aromatic carbocycles. The predicted octanol–water partition coefficient (Wildman–Crippen LogP) is 2.14. The molecule has 0 amide bonds. The van der Waals surface area contributed by atoms with Gasteiger partial charge in [-0.1, -0.05) is 6.58 Å². The third-order valence-electron chi connectivity index (χ3n) is 1.28. The first-order valence-corrected chi connectivity index (χ1v) is 4.20. The fraction of sp³-hybridized carbons (Fsp3) is 0.455. The number of carbonyl (C=O) groups is 1. The molecule has 0 aromatic rings. The first-order chi connectivity index (χ1) is 6.31. The van der Waals surface area contributed by atoms with Gasteiger partial charge in [0.25, 0.3) is 5.97 Å². The number of aliphatic carboxylic acids is 1. The van der Waals surface area contributed by atoms with E-state index in [4.69, 9.17) is 15.0 Å². The molecule has 14 heavy (non-hydrogen) atoms. The van der Waals surface area contributed by atoms with Crippen LogP contribution in [0.15, 0.2) is 29.0 Å². The molecule has 0 aliphatic rings. The summed E-state index contributed by atoms with van der Waals surface area (Å²) in [6.45, 7) is 10.6. The Bertz CT molecular complexity index is 264. The summed E-state index contributed by atoms with van der Waals surface area (Å²) in [6.07, 6.45) is 0. The van der Waals surface area contributed by atoms with Gasteiger partial charge in [-0.25, -0.2) is 0 Å². The lowest BCUT2D eigenvalue weighted by molar-refractivity contribution is -0.134. The molecule has 0 spiro atoms. The Morgan fingerprint density at radius 2 is 1.64 bits per heavy atom. The van der Waals surface area contributed by atoms with Gasteiger partial charge in [0.2, 0.25) is 0 Å². The summed E-state index contributed by atoms with van der Waals surface area (Å²) in [5.74, 6) is -0.833. The van der Waals surface area contributed by atoms with E-state index in [1.54, 1.807) is 0 Å². The molecule has 0 radical (unpaired) electrons. The maximum atomic E-state index is 9.00. The van der Waals surface area contributed by atoms with Gasteiger partial charge in [-0.05, 0) is 37.5 Å². The van der Waals surface area contributed by atoms with Crippen molar-refractivity contribution < 1.29 is 15.0 Å². The topological polar surface area (TPSA) is 57.5 Å². The summed E-state index contributed by atoms with van der Waals surface area (Å²) in [5, 5.41) is 16.0. The maximum absolute atomic E-state index is 9.00. The van der Waals surface area contributed by atoms with Crippen LogP contribution < -0.4 is 0 Å². The van der Waals surface area contributed by atoms with Crippen LogP contribution in [-0.2, 0) is 4.79 Å². The van der Waals surface area contributed by atoms with E-state index < -0.39 is 5.97 Å². The molecule has 0 heterocycles. The highest BCUT2D eigenvalue weighted by molar-refractivity contribution is 5.62. The molecule has 80 valence electrons. The predicted molar refractivity (Wildman–Crippen MR) is 57.1 cm³/mol. The summed E-state index contributed by atoms with van der Waals surface area (Å²) in [6, 6.07) is 0. The van der Waals surface area contributed by atoms with Crippen LogP contribution in [0.3, 0.4) is 0 Å². The van der Waals surface area contributed by atoms with E-state index >= 15 is 0 Å². The Kier molecular flexibility index (Phi) is 8.99. The van der Waals surface area contributed by atoms with Gasteiger partial charge in [0.15, 0.2) is 0 Å². The molecule has 0 saturated carbocycles. The molecule has 3 nitrogen and oxygen atoms in total. The Hall–Kier alpha value is -1.31. The van der Waals surface area contributed by atoms with E-state index in [0.29, 0.717) is 0 Å². The van der Waals surface area contributed by atoms with Crippen LogP contribution in [0.2, 0.25) is 0 Å². The van der Waals surface area contributed by atoms with Crippen LogP contribution in [0.25, 0.3) is 0 Å². The normalized spacial score (nSPS) is 7.79. The Labute approximate surface area is 85.1 Å². The minimum Gasteiger partial charge on any atom is -0.481 e. The van der Waals surface area contributed by atoms with Gasteiger partial charge in [0.1, 0.15) is 0 Å². The summed E-state index contributed by atoms with van der Waals surface area (Å²) in [7, 11) is 0. The number of rotatable bonds is 2. The van der Waals surface area contributed by atoms with Crippen molar-refractivity contribution in [2.45, 2.75) is 27.7 Å². The van der Waals surface area contributed by atoms with Crippen molar-refractivity contribution in [3.05, 3.63) is 29.0 Å². The lowest BCUT2D eigenvalue weighted by Gasteiger charge is -1.93. The number of aliphatic hydroxyl groups is 1. The van der Waals surface area contributed by atoms with Gasteiger partial charge in [-0.3, -0.25) is 4.79 Å². The Balaban J connectivity index is 0. The van der Waals surface area contributed by atoms with Crippen molar-refractivity contribution in [2.24, 2.45) is 0 Å². The standard InChI is InChI=1S/C9H14O.C2H4O2/c1-7(2)9(4)5-8(3)6-10;1-2(3)4/h10H,1,6H2,2-4H3;1H3,(H,3,4). The van der Waals surface area contributed by atoms with Gasteiger partial charge in [-0.2, -0.15) is 0 Å². The highest BCUT2D eigenvalue weighted by Gasteiger charge is 1.86. The van der Waals surface area contributed by atoms with Crippen LogP contribution in [-0.4, -0.2) is 22.8 Å². The van der Waals surface area contributed by atoms with E-state index in [0.717, 1.165) is 23.6 Å². The lowest BCUT2D eigenvalue weighted by atomic mass is 10.1. The zero-order valence-corrected chi connectivity index (χ0v) is 9.22. The summed E-state index contributed by atoms with van der Waals surface area (Å²) in [4.78, 5) is 9.00. The van der Waals surface area contributed by atoms with Crippen LogP contribution in [0, 0.1) is 0 Å². The zero-order valence-electron chi connectivity index (χ0n) is 9.22. The van der Waals surface area contributed by atoms with Crippen LogP contribution >= 0.6 is 0 Å². The molecule has 0 atom stereocenters. The monoisotopic (exact) mass is 198 g/mol. The van der Waals surface area contributed by atoms with Crippen molar-refractivity contribution in [3.8, 4) is 0 Å². The van der Waals surface area contributed by atoms with Gasteiger partial charge in [0, 0.05) is 6.92 Å². The van der Waals surface area contributed by atoms with E-state index in [9.17, 15) is 0 Å². The second kappa shape index (κ2) is 8.30. The number of carboxylic acid groups (broad SMARTS) is 1. The molecule has 0 aromatic heterocycles. The highest BCUT2D eigenvalue weighted by atomic mass is 16.4. The summed E-state index contributed by atoms with van der Waals surface area (Å²) >= 11 is 0. The number of hydrogen-bond acceptors (Lipinski definition) is 2. The first kappa shape index (κ1) is 15.2. The summed E-state index contributed by atoms with van der Waals surface area (Å²) in [5.41, 5.74) is 5.86. The minimum absolute atomic E-state index is 0.0740. The molecule has 2 N–H and O–H groups in total. The Morgan fingerprint density at radius 1 is 1.29 bits per heavy atom. The molecule has 0 aliphatic heterocycles. The van der Waals surface area contributed by atoms with E-state index in [1.165, 1.54) is 0 Å². The second-order valence-electron chi connectivity index (χ2n) is 2.99. The SMILES string of the molecule is C=C(C)C(C)=C=C(C)CO.CC(=O)O. The molecule has 0 fully saturated rings. The van der Waals surface area contributed by atoms with Crippen LogP contribution in [0.5, 0.6) is 0 Å². The summed E-state index contributed by atoms with van der Waals surface area (Å²) < 4.78 is 0. The van der Waals surface area contributed by atoms with Crippen molar-refractivity contribution in [3.63, 3.8) is 0 Å². The molecular formula is C11H18O3. The second-order valence-corrected chi connectivity index (χ2v) is 2.99. The number of hydrogen-bond donors (Lipinski definition) is 2. The van der Waals surface area contributed by atoms with E-state index in [2.05, 4.69) is 12.3 Å². The van der Waals surface area contributed by atoms with Gasteiger partial charge >= 0.3 is 0 Å². The minimum atomic E-state index is -0.833. The largest absolute Gasteiger partial charge is 0.481 e. The van der Waals surface area contributed by atoms with Crippen molar-refractivity contribution in [1.29, 1.82) is 0 Å². The smallest absolute Gasteiger partial charge is 0.300 e. The van der Waals surface area contributed by atoms with Gasteiger partial charge in [0.05, 0.1) is 6.61 Å². The molecule has 3 heteroatoms. The van der Waals surface area contributed by atoms with Crippen LogP contribution in [0.4, 0.5) is 0 Å². The molecule has 0 unspecified atom stereocenters. The molecule has 0 aliphatic carbocycles. The highest BCUT2D eigenvalue weighted by Crippen LogP contribution is 2.03. The van der Waals surface area contributed by atoms with Gasteiger partial charge < -0.3 is 10.2 Å². The van der Waals surface area contributed by atoms with Crippen molar-refractivity contribution in [2.75, 3.05) is 6.61 Å². The molecule has 0 saturated heterocycles. The quantitative estimate of drug-likeness (QED) is 0.528. The Morgan fingerprint density at radius 3 is 1.86 bits per heavy atom. The van der Waals surface area contributed by atoms with E-state index in [-0.39, 0.29) is 6.61 Å². The fourth-order valence-corrected chi connectivity index (χ4v) is 0.466. The maximum Gasteiger partial charge on any atom is 0.300 e. The molecule has 0 rings (SSSR count). The van der Waals surface area contributed by atoms with Crippen molar-refractivity contribution in [1.82, 2.24) is 0 Å². The molecule has 0 bridgehead atoms. The molecular weight excluding hydrogens is 180 g/mol. The number of allylic oxidation sites excluding steroid dienone is 1.